The molecular weight excluding hydrogens is 256 g/mol. The highest BCUT2D eigenvalue weighted by Crippen LogP contribution is 2.11. The van der Waals surface area contributed by atoms with Crippen LogP contribution in [-0.4, -0.2) is 56.1 Å². The maximum absolute atomic E-state index is 11.8. The lowest BCUT2D eigenvalue weighted by atomic mass is 9.99. The van der Waals surface area contributed by atoms with Crippen molar-refractivity contribution in [3.8, 4) is 0 Å². The van der Waals surface area contributed by atoms with Crippen LogP contribution in [0.25, 0.3) is 0 Å². The molecule has 1 unspecified atom stereocenters. The van der Waals surface area contributed by atoms with Crippen molar-refractivity contribution in [2.24, 2.45) is 5.92 Å². The first-order chi connectivity index (χ1) is 9.65. The minimum Gasteiger partial charge on any atom is -0.334 e. The summed E-state index contributed by atoms with van der Waals surface area (Å²) in [4.78, 5) is 25.2. The first-order valence-corrected chi connectivity index (χ1v) is 7.27. The second-order valence-electron chi connectivity index (χ2n) is 5.09. The van der Waals surface area contributed by atoms with Gasteiger partial charge in [0.15, 0.2) is 0 Å². The highest BCUT2D eigenvalue weighted by Gasteiger charge is 2.18. The summed E-state index contributed by atoms with van der Waals surface area (Å²) in [5.41, 5.74) is 0. The molecule has 0 saturated carbocycles. The number of carbonyl (C=O) groups excluding carboxylic acids is 2. The van der Waals surface area contributed by atoms with Gasteiger partial charge in [-0.05, 0) is 38.4 Å². The predicted molar refractivity (Wildman–Crippen MR) is 79.4 cm³/mol. The third-order valence-corrected chi connectivity index (χ3v) is 3.39. The number of urea groups is 1. The first kappa shape index (κ1) is 16.7. The number of piperidine rings is 1. The van der Waals surface area contributed by atoms with Gasteiger partial charge in [-0.1, -0.05) is 13.0 Å². The summed E-state index contributed by atoms with van der Waals surface area (Å²) >= 11 is 0. The molecule has 1 aliphatic heterocycles. The second kappa shape index (κ2) is 9.50. The maximum atomic E-state index is 11.8. The monoisotopic (exact) mass is 282 g/mol. The van der Waals surface area contributed by atoms with E-state index in [1.165, 1.54) is 12.8 Å². The van der Waals surface area contributed by atoms with Crippen molar-refractivity contribution in [2.45, 2.75) is 19.8 Å². The van der Waals surface area contributed by atoms with Gasteiger partial charge < -0.3 is 10.6 Å². The molecule has 20 heavy (non-hydrogen) atoms. The Morgan fingerprint density at radius 1 is 1.50 bits per heavy atom. The summed E-state index contributed by atoms with van der Waals surface area (Å²) in [7, 11) is 0. The van der Waals surface area contributed by atoms with Crippen LogP contribution >= 0.6 is 0 Å². The van der Waals surface area contributed by atoms with Gasteiger partial charge in [0.1, 0.15) is 0 Å². The highest BCUT2D eigenvalue weighted by molar-refractivity contribution is 5.95. The smallest absolute Gasteiger partial charge is 0.321 e. The van der Waals surface area contributed by atoms with Gasteiger partial charge in [0.25, 0.3) is 0 Å². The Labute approximate surface area is 121 Å². The number of hydrogen-bond donors (Lipinski definition) is 3. The number of carbonyl (C=O) groups is 2. The Morgan fingerprint density at radius 2 is 2.30 bits per heavy atom. The van der Waals surface area contributed by atoms with Crippen molar-refractivity contribution in [1.29, 1.82) is 0 Å². The summed E-state index contributed by atoms with van der Waals surface area (Å²) in [5.74, 6) is 0.322. The first-order valence-electron chi connectivity index (χ1n) is 7.27. The molecule has 114 valence electrons. The van der Waals surface area contributed by atoms with Crippen LogP contribution in [0.2, 0.25) is 0 Å². The number of amides is 3. The molecule has 1 atom stereocenters. The van der Waals surface area contributed by atoms with Crippen LogP contribution in [0.1, 0.15) is 19.8 Å². The largest absolute Gasteiger partial charge is 0.334 e. The molecule has 1 aliphatic rings. The molecule has 0 aromatic rings. The highest BCUT2D eigenvalue weighted by atomic mass is 16.2. The van der Waals surface area contributed by atoms with Crippen molar-refractivity contribution in [1.82, 2.24) is 20.9 Å². The quantitative estimate of drug-likeness (QED) is 0.588. The molecule has 1 heterocycles. The van der Waals surface area contributed by atoms with E-state index in [2.05, 4.69) is 27.4 Å². The van der Waals surface area contributed by atoms with Gasteiger partial charge in [-0.3, -0.25) is 15.0 Å². The zero-order chi connectivity index (χ0) is 14.8. The van der Waals surface area contributed by atoms with Crippen LogP contribution in [0.5, 0.6) is 0 Å². The summed E-state index contributed by atoms with van der Waals surface area (Å²) in [5, 5.41) is 8.21. The molecule has 0 radical (unpaired) electrons. The number of rotatable bonds is 7. The van der Waals surface area contributed by atoms with Crippen molar-refractivity contribution < 1.29 is 9.59 Å². The van der Waals surface area contributed by atoms with E-state index >= 15 is 0 Å². The summed E-state index contributed by atoms with van der Waals surface area (Å²) in [6.45, 7) is 9.94. The van der Waals surface area contributed by atoms with Gasteiger partial charge >= 0.3 is 6.03 Å². The van der Waals surface area contributed by atoms with Gasteiger partial charge in [0, 0.05) is 13.1 Å². The zero-order valence-corrected chi connectivity index (χ0v) is 12.3. The van der Waals surface area contributed by atoms with E-state index in [1.54, 1.807) is 6.08 Å². The lowest BCUT2D eigenvalue weighted by Gasteiger charge is -2.28. The Kier molecular flexibility index (Phi) is 7.91. The number of nitrogens with one attached hydrogen (secondary N) is 3. The van der Waals surface area contributed by atoms with E-state index in [0.717, 1.165) is 26.2 Å². The summed E-state index contributed by atoms with van der Waals surface area (Å²) < 4.78 is 0. The summed E-state index contributed by atoms with van der Waals surface area (Å²) in [6, 6.07) is -0.467. The molecule has 1 fully saturated rings. The number of likely N-dealkylation sites (N-methyl/N-ethyl adjacent to an activating group) is 1. The fourth-order valence-electron chi connectivity index (χ4n) is 2.33. The molecule has 0 spiro atoms. The number of imide groups is 1. The van der Waals surface area contributed by atoms with E-state index in [4.69, 9.17) is 0 Å². The van der Waals surface area contributed by atoms with Crippen LogP contribution in [0, 0.1) is 5.92 Å². The third kappa shape index (κ3) is 6.68. The van der Waals surface area contributed by atoms with E-state index in [1.807, 2.05) is 6.92 Å². The molecule has 6 heteroatoms. The molecule has 0 aromatic carbocycles. The number of hydrogen-bond acceptors (Lipinski definition) is 4. The molecule has 3 N–H and O–H groups in total. The zero-order valence-electron chi connectivity index (χ0n) is 12.3. The van der Waals surface area contributed by atoms with Crippen molar-refractivity contribution >= 4 is 11.9 Å². The average molecular weight is 282 g/mol. The number of nitrogens with zero attached hydrogens (tertiary/aromatic N) is 1. The predicted octanol–water partition coefficient (Wildman–Crippen LogP) is 0.320. The Hall–Kier alpha value is -1.40. The molecule has 6 nitrogen and oxygen atoms in total. The molecule has 1 rings (SSSR count). The van der Waals surface area contributed by atoms with Crippen LogP contribution in [0.3, 0.4) is 0 Å². The minimum absolute atomic E-state index is 0.258. The minimum atomic E-state index is -0.467. The molecule has 1 saturated heterocycles. The van der Waals surface area contributed by atoms with Gasteiger partial charge in [-0.2, -0.15) is 0 Å². The molecule has 0 aromatic heterocycles. The van der Waals surface area contributed by atoms with Gasteiger partial charge in [-0.25, -0.2) is 4.79 Å². The van der Waals surface area contributed by atoms with E-state index < -0.39 is 6.03 Å². The van der Waals surface area contributed by atoms with Gasteiger partial charge in [0.2, 0.25) is 5.91 Å². The standard InChI is InChI=1S/C14H26N4O2/c1-3-7-16-14(20)17-13(19)11-18(4-2)10-12-6-5-8-15-9-12/h3,12,15H,1,4-11H2,2H3,(H2,16,17,19,20). The maximum Gasteiger partial charge on any atom is 0.321 e. The van der Waals surface area contributed by atoms with E-state index in [0.29, 0.717) is 12.5 Å². The molecule has 3 amide bonds. The average Bonchev–Trinajstić information content (AvgIpc) is 2.45. The molecule has 0 aliphatic carbocycles. The van der Waals surface area contributed by atoms with Crippen LogP contribution in [-0.2, 0) is 4.79 Å². The summed E-state index contributed by atoms with van der Waals surface area (Å²) in [6.07, 6.45) is 3.96. The Bertz CT molecular complexity index is 327. The van der Waals surface area contributed by atoms with Crippen molar-refractivity contribution in [3.05, 3.63) is 12.7 Å². The Morgan fingerprint density at radius 3 is 2.90 bits per heavy atom. The second-order valence-corrected chi connectivity index (χ2v) is 5.09. The fraction of sp³-hybridized carbons (Fsp3) is 0.714. The van der Waals surface area contributed by atoms with Gasteiger partial charge in [0.05, 0.1) is 6.54 Å². The normalized spacial score (nSPS) is 18.6. The van der Waals surface area contributed by atoms with Crippen molar-refractivity contribution in [2.75, 3.05) is 39.3 Å². The van der Waals surface area contributed by atoms with Gasteiger partial charge in [-0.15, -0.1) is 6.58 Å². The lowest BCUT2D eigenvalue weighted by molar-refractivity contribution is -0.121. The van der Waals surface area contributed by atoms with Crippen LogP contribution in [0.4, 0.5) is 4.79 Å². The fourth-order valence-corrected chi connectivity index (χ4v) is 2.33. The van der Waals surface area contributed by atoms with E-state index in [9.17, 15) is 9.59 Å². The molecule has 0 bridgehead atoms. The van der Waals surface area contributed by atoms with Crippen LogP contribution in [0.15, 0.2) is 12.7 Å². The van der Waals surface area contributed by atoms with E-state index in [-0.39, 0.29) is 12.5 Å². The van der Waals surface area contributed by atoms with Crippen LogP contribution < -0.4 is 16.0 Å². The third-order valence-electron chi connectivity index (χ3n) is 3.39. The topological polar surface area (TPSA) is 73.5 Å². The van der Waals surface area contributed by atoms with Crippen molar-refractivity contribution in [3.63, 3.8) is 0 Å². The SMILES string of the molecule is C=CCNC(=O)NC(=O)CN(CC)CC1CCCNC1. The Balaban J connectivity index is 2.29. The molecular formula is C14H26N4O2. The lowest BCUT2D eigenvalue weighted by Crippen LogP contribution is -2.46.